The van der Waals surface area contributed by atoms with Crippen LogP contribution in [-0.4, -0.2) is 42.3 Å². The maximum Gasteiger partial charge on any atom is 0.407 e. The Bertz CT molecular complexity index is 394. The van der Waals surface area contributed by atoms with Crippen molar-refractivity contribution in [2.24, 2.45) is 0 Å². The summed E-state index contributed by atoms with van der Waals surface area (Å²) >= 11 is 0. The highest BCUT2D eigenvalue weighted by Gasteiger charge is 2.06. The molecule has 0 unspecified atom stereocenters. The first-order valence-corrected chi connectivity index (χ1v) is 5.48. The summed E-state index contributed by atoms with van der Waals surface area (Å²) in [6.07, 6.45) is -1.59. The van der Waals surface area contributed by atoms with Gasteiger partial charge >= 0.3 is 12.2 Å². The minimum atomic E-state index is -1.03. The van der Waals surface area contributed by atoms with Gasteiger partial charge in [0.1, 0.15) is 6.61 Å². The Morgan fingerprint density at radius 2 is 2.00 bits per heavy atom. The fraction of sp³-hybridized carbons (Fsp3) is 0.333. The highest BCUT2D eigenvalue weighted by molar-refractivity contribution is 5.67. The smallest absolute Gasteiger partial charge is 0.407 e. The van der Waals surface area contributed by atoms with Crippen molar-refractivity contribution in [1.82, 2.24) is 10.2 Å². The van der Waals surface area contributed by atoms with Gasteiger partial charge in [0.15, 0.2) is 0 Å². The van der Waals surface area contributed by atoms with Crippen LogP contribution in [0.1, 0.15) is 5.56 Å². The van der Waals surface area contributed by atoms with Crippen LogP contribution in [0.15, 0.2) is 30.3 Å². The summed E-state index contributed by atoms with van der Waals surface area (Å²) in [6, 6.07) is 9.30. The molecule has 1 aromatic rings. The number of carbonyl (C=O) groups is 2. The topological polar surface area (TPSA) is 78.9 Å². The zero-order valence-electron chi connectivity index (χ0n) is 10.1. The van der Waals surface area contributed by atoms with E-state index in [1.807, 2.05) is 30.3 Å². The Kier molecular flexibility index (Phi) is 5.50. The summed E-state index contributed by atoms with van der Waals surface area (Å²) in [4.78, 5) is 22.8. The Labute approximate surface area is 105 Å². The average Bonchev–Trinajstić information content (AvgIpc) is 2.37. The fourth-order valence-corrected chi connectivity index (χ4v) is 1.20. The summed E-state index contributed by atoms with van der Waals surface area (Å²) in [5.41, 5.74) is 0.898. The van der Waals surface area contributed by atoms with Crippen molar-refractivity contribution in [3.8, 4) is 0 Å². The Morgan fingerprint density at radius 3 is 2.61 bits per heavy atom. The number of likely N-dealkylation sites (N-methyl/N-ethyl adjacent to an activating group) is 1. The van der Waals surface area contributed by atoms with E-state index >= 15 is 0 Å². The number of benzene rings is 1. The number of nitrogens with zero attached hydrogens (tertiary/aromatic N) is 1. The molecule has 0 bridgehead atoms. The Hall–Kier alpha value is -2.24. The maximum absolute atomic E-state index is 11.3. The lowest BCUT2D eigenvalue weighted by atomic mass is 10.2. The second-order valence-corrected chi connectivity index (χ2v) is 3.69. The van der Waals surface area contributed by atoms with Crippen LogP contribution in [0.4, 0.5) is 9.59 Å². The summed E-state index contributed by atoms with van der Waals surface area (Å²) in [5, 5.41) is 11.1. The van der Waals surface area contributed by atoms with Gasteiger partial charge in [-0.05, 0) is 5.56 Å². The fourth-order valence-electron chi connectivity index (χ4n) is 1.20. The van der Waals surface area contributed by atoms with Gasteiger partial charge in [0.05, 0.1) is 0 Å². The average molecular weight is 252 g/mol. The number of ether oxygens (including phenoxy) is 1. The molecule has 0 spiro atoms. The van der Waals surface area contributed by atoms with Gasteiger partial charge in [-0.2, -0.15) is 0 Å². The minimum Gasteiger partial charge on any atom is -0.465 e. The molecule has 98 valence electrons. The molecular formula is C12H16N2O4. The molecule has 0 radical (unpaired) electrons. The summed E-state index contributed by atoms with van der Waals surface area (Å²) in [6.45, 7) is 0.633. The number of carboxylic acid groups (broad SMARTS) is 1. The zero-order chi connectivity index (χ0) is 13.4. The molecule has 0 fully saturated rings. The predicted molar refractivity (Wildman–Crippen MR) is 65.3 cm³/mol. The molecule has 0 aliphatic heterocycles. The number of amides is 2. The van der Waals surface area contributed by atoms with Crippen molar-refractivity contribution in [2.75, 3.05) is 20.1 Å². The first kappa shape index (κ1) is 13.8. The third-order valence-electron chi connectivity index (χ3n) is 2.26. The molecule has 18 heavy (non-hydrogen) atoms. The van der Waals surface area contributed by atoms with Crippen LogP contribution in [-0.2, 0) is 11.3 Å². The van der Waals surface area contributed by atoms with E-state index in [9.17, 15) is 9.59 Å². The number of hydrogen-bond donors (Lipinski definition) is 2. The van der Waals surface area contributed by atoms with E-state index < -0.39 is 12.2 Å². The second-order valence-electron chi connectivity index (χ2n) is 3.69. The molecule has 0 aromatic heterocycles. The number of hydrogen-bond acceptors (Lipinski definition) is 3. The minimum absolute atomic E-state index is 0.196. The number of alkyl carbamates (subject to hydrolysis) is 1. The molecule has 0 aliphatic rings. The van der Waals surface area contributed by atoms with Gasteiger partial charge in [-0.25, -0.2) is 9.59 Å². The molecule has 2 N–H and O–H groups in total. The van der Waals surface area contributed by atoms with Crippen LogP contribution in [0.25, 0.3) is 0 Å². The number of nitrogens with one attached hydrogen (secondary N) is 1. The van der Waals surface area contributed by atoms with E-state index in [1.165, 1.54) is 7.05 Å². The normalized spacial score (nSPS) is 9.61. The van der Waals surface area contributed by atoms with E-state index in [-0.39, 0.29) is 19.7 Å². The summed E-state index contributed by atoms with van der Waals surface area (Å²) in [7, 11) is 1.43. The van der Waals surface area contributed by atoms with Gasteiger partial charge in [-0.1, -0.05) is 30.3 Å². The van der Waals surface area contributed by atoms with Crippen LogP contribution in [0.5, 0.6) is 0 Å². The van der Waals surface area contributed by atoms with Crippen LogP contribution >= 0.6 is 0 Å². The third-order valence-corrected chi connectivity index (χ3v) is 2.26. The highest BCUT2D eigenvalue weighted by Crippen LogP contribution is 2.00. The summed E-state index contributed by atoms with van der Waals surface area (Å²) < 4.78 is 4.95. The largest absolute Gasteiger partial charge is 0.465 e. The van der Waals surface area contributed by atoms with Gasteiger partial charge in [-0.3, -0.25) is 0 Å². The highest BCUT2D eigenvalue weighted by atomic mass is 16.5. The molecule has 2 amide bonds. The van der Waals surface area contributed by atoms with E-state index in [1.54, 1.807) is 0 Å². The van der Waals surface area contributed by atoms with Gasteiger partial charge in [-0.15, -0.1) is 0 Å². The number of carbonyl (C=O) groups excluding carboxylic acids is 1. The van der Waals surface area contributed by atoms with E-state index in [0.717, 1.165) is 10.5 Å². The molecule has 0 saturated carbocycles. The molecular weight excluding hydrogens is 236 g/mol. The molecule has 0 heterocycles. The lowest BCUT2D eigenvalue weighted by Crippen LogP contribution is -2.35. The Balaban J connectivity index is 2.17. The van der Waals surface area contributed by atoms with Crippen LogP contribution in [0, 0.1) is 0 Å². The van der Waals surface area contributed by atoms with Crippen molar-refractivity contribution in [3.05, 3.63) is 35.9 Å². The first-order chi connectivity index (χ1) is 8.59. The van der Waals surface area contributed by atoms with E-state index in [4.69, 9.17) is 9.84 Å². The van der Waals surface area contributed by atoms with E-state index in [2.05, 4.69) is 5.32 Å². The molecule has 6 nitrogen and oxygen atoms in total. The van der Waals surface area contributed by atoms with Crippen molar-refractivity contribution >= 4 is 12.2 Å². The van der Waals surface area contributed by atoms with Gasteiger partial charge in [0, 0.05) is 20.1 Å². The van der Waals surface area contributed by atoms with Crippen molar-refractivity contribution < 1.29 is 19.4 Å². The van der Waals surface area contributed by atoms with Crippen molar-refractivity contribution in [3.63, 3.8) is 0 Å². The zero-order valence-corrected chi connectivity index (χ0v) is 10.1. The molecule has 0 saturated heterocycles. The van der Waals surface area contributed by atoms with Gasteiger partial charge in [0.2, 0.25) is 0 Å². The lowest BCUT2D eigenvalue weighted by molar-refractivity contribution is 0.135. The number of rotatable bonds is 5. The van der Waals surface area contributed by atoms with Gasteiger partial charge < -0.3 is 20.1 Å². The van der Waals surface area contributed by atoms with Crippen LogP contribution in [0.3, 0.4) is 0 Å². The standard InChI is InChI=1S/C12H16N2O4/c1-14(12(16)17)8-7-13-11(15)18-9-10-5-3-2-4-6-10/h2-6H,7-9H2,1H3,(H,13,15)(H,16,17). The molecule has 1 rings (SSSR count). The Morgan fingerprint density at radius 1 is 1.33 bits per heavy atom. The van der Waals surface area contributed by atoms with Crippen LogP contribution in [0.2, 0.25) is 0 Å². The summed E-state index contributed by atoms with van der Waals surface area (Å²) in [5.74, 6) is 0. The van der Waals surface area contributed by atoms with Crippen molar-refractivity contribution in [1.29, 1.82) is 0 Å². The first-order valence-electron chi connectivity index (χ1n) is 5.48. The van der Waals surface area contributed by atoms with E-state index in [0.29, 0.717) is 0 Å². The lowest BCUT2D eigenvalue weighted by Gasteiger charge is -2.13. The van der Waals surface area contributed by atoms with Gasteiger partial charge in [0.25, 0.3) is 0 Å². The third kappa shape index (κ3) is 5.20. The monoisotopic (exact) mass is 252 g/mol. The molecule has 6 heteroatoms. The molecule has 0 atom stereocenters. The second kappa shape index (κ2) is 7.16. The quantitative estimate of drug-likeness (QED) is 0.832. The predicted octanol–water partition coefficient (Wildman–Crippen LogP) is 1.52. The maximum atomic E-state index is 11.3. The van der Waals surface area contributed by atoms with Crippen LogP contribution < -0.4 is 5.32 Å². The molecule has 1 aromatic carbocycles. The molecule has 0 aliphatic carbocycles. The van der Waals surface area contributed by atoms with Crippen molar-refractivity contribution in [2.45, 2.75) is 6.61 Å². The SMILES string of the molecule is CN(CCNC(=O)OCc1ccccc1)C(=O)O.